The Balaban J connectivity index is 2.14. The van der Waals surface area contributed by atoms with E-state index in [1.165, 1.54) is 25.7 Å². The second kappa shape index (κ2) is 4.65. The summed E-state index contributed by atoms with van der Waals surface area (Å²) in [6, 6.07) is -0.741. The minimum absolute atomic E-state index is 0.497. The Labute approximate surface area is 94.3 Å². The van der Waals surface area contributed by atoms with Crippen LogP contribution in [0.2, 0.25) is 0 Å². The number of nitrogens with one attached hydrogen (secondary N) is 2. The van der Waals surface area contributed by atoms with Gasteiger partial charge < -0.3 is 15.4 Å². The van der Waals surface area contributed by atoms with E-state index in [1.807, 2.05) is 0 Å². The van der Waals surface area contributed by atoms with E-state index < -0.39 is 12.0 Å². The van der Waals surface area contributed by atoms with Crippen molar-refractivity contribution in [3.05, 3.63) is 17.7 Å². The molecule has 0 radical (unpaired) electrons. The van der Waals surface area contributed by atoms with E-state index >= 15 is 0 Å². The van der Waals surface area contributed by atoms with E-state index in [0.717, 1.165) is 5.69 Å². The number of imidazole rings is 1. The molecule has 88 valence electrons. The Morgan fingerprint density at radius 3 is 2.88 bits per heavy atom. The zero-order valence-electron chi connectivity index (χ0n) is 9.36. The number of aromatic nitrogens is 2. The zero-order chi connectivity index (χ0) is 11.5. The van der Waals surface area contributed by atoms with Crippen molar-refractivity contribution in [2.24, 2.45) is 0 Å². The number of aliphatic carboxylic acids is 1. The second-order valence-electron chi connectivity index (χ2n) is 4.27. The van der Waals surface area contributed by atoms with Gasteiger partial charge in [0, 0.05) is 17.8 Å². The number of carboxylic acid groups (broad SMARTS) is 1. The molecule has 1 aromatic heterocycles. The minimum atomic E-state index is -0.908. The Morgan fingerprint density at radius 1 is 1.62 bits per heavy atom. The lowest BCUT2D eigenvalue weighted by atomic mass is 10.1. The van der Waals surface area contributed by atoms with E-state index in [9.17, 15) is 4.79 Å². The van der Waals surface area contributed by atoms with E-state index in [4.69, 9.17) is 5.11 Å². The Bertz CT molecular complexity index is 369. The minimum Gasteiger partial charge on any atom is -0.480 e. The van der Waals surface area contributed by atoms with Gasteiger partial charge in [-0.1, -0.05) is 12.8 Å². The van der Waals surface area contributed by atoms with Gasteiger partial charge in [0.15, 0.2) is 6.04 Å². The van der Waals surface area contributed by atoms with Crippen LogP contribution >= 0.6 is 0 Å². The van der Waals surface area contributed by atoms with Crippen LogP contribution in [0.3, 0.4) is 0 Å². The summed E-state index contributed by atoms with van der Waals surface area (Å²) in [6.45, 7) is 0. The number of H-pyrrole nitrogens is 1. The van der Waals surface area contributed by atoms with Crippen LogP contribution in [0.1, 0.15) is 49.2 Å². The molecule has 0 amide bonds. The van der Waals surface area contributed by atoms with Crippen LogP contribution in [0.15, 0.2) is 6.20 Å². The maximum Gasteiger partial charge on any atom is 0.328 e. The number of nitrogens with zero attached hydrogens (tertiary/aromatic N) is 1. The van der Waals surface area contributed by atoms with Crippen molar-refractivity contribution in [1.82, 2.24) is 15.3 Å². The summed E-state index contributed by atoms with van der Waals surface area (Å²) in [5.74, 6) is 0.124. The fourth-order valence-corrected chi connectivity index (χ4v) is 2.32. The van der Waals surface area contributed by atoms with Gasteiger partial charge in [-0.05, 0) is 19.9 Å². The monoisotopic (exact) mass is 223 g/mol. The lowest BCUT2D eigenvalue weighted by molar-refractivity contribution is -0.139. The molecule has 0 saturated heterocycles. The van der Waals surface area contributed by atoms with Crippen molar-refractivity contribution in [3.8, 4) is 0 Å². The number of likely N-dealkylation sites (N-methyl/N-ethyl adjacent to an activating group) is 1. The van der Waals surface area contributed by atoms with Crippen LogP contribution < -0.4 is 5.32 Å². The first-order valence-electron chi connectivity index (χ1n) is 5.67. The molecule has 1 heterocycles. The summed E-state index contributed by atoms with van der Waals surface area (Å²) in [5, 5.41) is 11.7. The molecule has 3 N–H and O–H groups in total. The summed E-state index contributed by atoms with van der Waals surface area (Å²) in [5.41, 5.74) is 1.08. The van der Waals surface area contributed by atoms with Gasteiger partial charge in [-0.2, -0.15) is 0 Å². The standard InChI is InChI=1S/C11H17N3O2/c1-12-9(11(15)16)10-13-6-8(14-10)7-4-2-3-5-7/h6-7,9,12H,2-5H2,1H3,(H,13,14)(H,15,16). The van der Waals surface area contributed by atoms with Gasteiger partial charge in [-0.25, -0.2) is 4.98 Å². The predicted octanol–water partition coefficient (Wildman–Crippen LogP) is 1.41. The van der Waals surface area contributed by atoms with Gasteiger partial charge in [-0.15, -0.1) is 0 Å². The molecule has 1 atom stereocenters. The van der Waals surface area contributed by atoms with Crippen molar-refractivity contribution < 1.29 is 9.90 Å². The number of carbonyl (C=O) groups is 1. The maximum absolute atomic E-state index is 10.9. The molecule has 1 fully saturated rings. The van der Waals surface area contributed by atoms with Crippen LogP contribution in [0.5, 0.6) is 0 Å². The van der Waals surface area contributed by atoms with E-state index in [0.29, 0.717) is 11.7 Å². The molecule has 0 aromatic carbocycles. The van der Waals surface area contributed by atoms with Gasteiger partial charge in [-0.3, -0.25) is 4.79 Å². The molecule has 2 rings (SSSR count). The van der Waals surface area contributed by atoms with Crippen LogP contribution in [0.4, 0.5) is 0 Å². The summed E-state index contributed by atoms with van der Waals surface area (Å²) in [6.07, 6.45) is 6.65. The lowest BCUT2D eigenvalue weighted by Crippen LogP contribution is -2.26. The molecule has 5 heteroatoms. The molecular weight excluding hydrogens is 206 g/mol. The fourth-order valence-electron chi connectivity index (χ4n) is 2.32. The van der Waals surface area contributed by atoms with E-state index in [-0.39, 0.29) is 0 Å². The van der Waals surface area contributed by atoms with Crippen molar-refractivity contribution in [3.63, 3.8) is 0 Å². The highest BCUT2D eigenvalue weighted by Gasteiger charge is 2.24. The zero-order valence-corrected chi connectivity index (χ0v) is 9.36. The SMILES string of the molecule is CNC(C(=O)O)c1ncc(C2CCCC2)[nH]1. The molecule has 16 heavy (non-hydrogen) atoms. The smallest absolute Gasteiger partial charge is 0.328 e. The number of hydrogen-bond donors (Lipinski definition) is 3. The molecule has 1 aromatic rings. The Hall–Kier alpha value is -1.36. The van der Waals surface area contributed by atoms with Crippen molar-refractivity contribution >= 4 is 5.97 Å². The Morgan fingerprint density at radius 2 is 2.31 bits per heavy atom. The van der Waals surface area contributed by atoms with Crippen molar-refractivity contribution in [2.75, 3.05) is 7.05 Å². The first-order chi connectivity index (χ1) is 7.72. The average molecular weight is 223 g/mol. The van der Waals surface area contributed by atoms with Crippen LogP contribution in [-0.4, -0.2) is 28.1 Å². The Kier molecular flexibility index (Phi) is 3.24. The fraction of sp³-hybridized carbons (Fsp3) is 0.636. The van der Waals surface area contributed by atoms with Crippen LogP contribution in [0.25, 0.3) is 0 Å². The molecule has 1 aliphatic rings. The quantitative estimate of drug-likeness (QED) is 0.721. The highest BCUT2D eigenvalue weighted by Crippen LogP contribution is 2.33. The third-order valence-electron chi connectivity index (χ3n) is 3.22. The first kappa shape index (κ1) is 11.1. The first-order valence-corrected chi connectivity index (χ1v) is 5.67. The van der Waals surface area contributed by atoms with Gasteiger partial charge in [0.25, 0.3) is 0 Å². The molecule has 1 aliphatic carbocycles. The molecule has 0 aliphatic heterocycles. The van der Waals surface area contributed by atoms with Gasteiger partial charge in [0.2, 0.25) is 0 Å². The summed E-state index contributed by atoms with van der Waals surface area (Å²) < 4.78 is 0. The molecule has 0 spiro atoms. The van der Waals surface area contributed by atoms with Gasteiger partial charge in [0.05, 0.1) is 0 Å². The van der Waals surface area contributed by atoms with Crippen molar-refractivity contribution in [2.45, 2.75) is 37.6 Å². The third kappa shape index (κ3) is 2.09. The summed E-state index contributed by atoms with van der Waals surface area (Å²) >= 11 is 0. The largest absolute Gasteiger partial charge is 0.480 e. The molecular formula is C11H17N3O2. The highest BCUT2D eigenvalue weighted by molar-refractivity contribution is 5.74. The number of rotatable bonds is 4. The molecule has 1 saturated carbocycles. The second-order valence-corrected chi connectivity index (χ2v) is 4.27. The molecule has 1 unspecified atom stereocenters. The number of aromatic amines is 1. The van der Waals surface area contributed by atoms with Gasteiger partial charge >= 0.3 is 5.97 Å². The molecule has 0 bridgehead atoms. The lowest BCUT2D eigenvalue weighted by Gasteiger charge is -2.08. The van der Waals surface area contributed by atoms with E-state index in [1.54, 1.807) is 13.2 Å². The molecule has 5 nitrogen and oxygen atoms in total. The number of hydrogen-bond acceptors (Lipinski definition) is 3. The van der Waals surface area contributed by atoms with Gasteiger partial charge in [0.1, 0.15) is 5.82 Å². The topological polar surface area (TPSA) is 78.0 Å². The maximum atomic E-state index is 10.9. The highest BCUT2D eigenvalue weighted by atomic mass is 16.4. The van der Waals surface area contributed by atoms with E-state index in [2.05, 4.69) is 15.3 Å². The van der Waals surface area contributed by atoms with Crippen LogP contribution in [-0.2, 0) is 4.79 Å². The van der Waals surface area contributed by atoms with Crippen molar-refractivity contribution in [1.29, 1.82) is 0 Å². The average Bonchev–Trinajstić information content (AvgIpc) is 2.86. The van der Waals surface area contributed by atoms with Crippen LogP contribution in [0, 0.1) is 0 Å². The summed E-state index contributed by atoms with van der Waals surface area (Å²) in [7, 11) is 1.62. The normalized spacial score (nSPS) is 18.8. The predicted molar refractivity (Wildman–Crippen MR) is 59.2 cm³/mol. The summed E-state index contributed by atoms with van der Waals surface area (Å²) in [4.78, 5) is 18.2. The third-order valence-corrected chi connectivity index (χ3v) is 3.22. The number of carboxylic acids is 1.